The first kappa shape index (κ1) is 10.7. The molecule has 1 aromatic rings. The minimum absolute atomic E-state index is 0.542. The number of hydrogen-bond donors (Lipinski definition) is 1. The summed E-state index contributed by atoms with van der Waals surface area (Å²) >= 11 is 2.01. The number of anilines is 2. The van der Waals surface area contributed by atoms with Crippen LogP contribution in [0.1, 0.15) is 12.6 Å². The van der Waals surface area contributed by atoms with Crippen molar-refractivity contribution in [2.24, 2.45) is 7.05 Å². The van der Waals surface area contributed by atoms with Crippen molar-refractivity contribution < 1.29 is 0 Å². The molecule has 0 aromatic carbocycles. The fourth-order valence-corrected chi connectivity index (χ4v) is 3.06. The summed E-state index contributed by atoms with van der Waals surface area (Å²) in [5.74, 6) is 3.43. The van der Waals surface area contributed by atoms with Crippen molar-refractivity contribution in [2.75, 3.05) is 28.7 Å². The minimum Gasteiger partial charge on any atom is -0.394 e. The molecule has 1 aliphatic heterocycles. The van der Waals surface area contributed by atoms with E-state index in [1.54, 1.807) is 0 Å². The molecule has 0 aliphatic carbocycles. The van der Waals surface area contributed by atoms with Crippen LogP contribution in [0, 0.1) is 6.92 Å². The van der Waals surface area contributed by atoms with E-state index in [-0.39, 0.29) is 0 Å². The first-order chi connectivity index (χ1) is 7.11. The molecule has 1 aliphatic rings. The van der Waals surface area contributed by atoms with E-state index in [4.69, 9.17) is 5.73 Å². The molecule has 1 aromatic heterocycles. The fraction of sp³-hybridized carbons (Fsp3) is 0.700. The normalized spacial score (nSPS) is 22.1. The monoisotopic (exact) mass is 226 g/mol. The van der Waals surface area contributed by atoms with Crippen LogP contribution in [0.5, 0.6) is 0 Å². The van der Waals surface area contributed by atoms with Crippen molar-refractivity contribution in [1.82, 2.24) is 9.78 Å². The zero-order chi connectivity index (χ0) is 11.0. The molecule has 1 atom stereocenters. The Labute approximate surface area is 94.8 Å². The highest BCUT2D eigenvalue weighted by atomic mass is 32.2. The summed E-state index contributed by atoms with van der Waals surface area (Å²) in [5.41, 5.74) is 7.82. The lowest BCUT2D eigenvalue weighted by atomic mass is 10.3. The number of nitrogens with zero attached hydrogens (tertiary/aromatic N) is 3. The SMILES string of the molecule is Cc1nn(C)c(N2CCSCC2C)c1N. The van der Waals surface area contributed by atoms with Crippen LogP contribution in [0.4, 0.5) is 11.5 Å². The van der Waals surface area contributed by atoms with E-state index < -0.39 is 0 Å². The molecule has 2 heterocycles. The molecule has 2 rings (SSSR count). The largest absolute Gasteiger partial charge is 0.394 e. The Hall–Kier alpha value is -0.840. The first-order valence-electron chi connectivity index (χ1n) is 5.24. The van der Waals surface area contributed by atoms with E-state index in [1.165, 1.54) is 11.5 Å². The lowest BCUT2D eigenvalue weighted by Gasteiger charge is -2.34. The number of aryl methyl sites for hydroxylation is 2. The summed E-state index contributed by atoms with van der Waals surface area (Å²) in [7, 11) is 1.97. The zero-order valence-corrected chi connectivity index (χ0v) is 10.3. The van der Waals surface area contributed by atoms with E-state index in [0.717, 1.165) is 23.7 Å². The first-order valence-corrected chi connectivity index (χ1v) is 6.40. The molecular formula is C10H18N4S. The molecular weight excluding hydrogens is 208 g/mol. The van der Waals surface area contributed by atoms with E-state index in [2.05, 4.69) is 16.9 Å². The van der Waals surface area contributed by atoms with Crippen LogP contribution in [-0.4, -0.2) is 33.9 Å². The second-order valence-electron chi connectivity index (χ2n) is 4.06. The van der Waals surface area contributed by atoms with Gasteiger partial charge in [0.1, 0.15) is 0 Å². The molecule has 5 heteroatoms. The van der Waals surface area contributed by atoms with Gasteiger partial charge in [0.15, 0.2) is 5.82 Å². The predicted octanol–water partition coefficient (Wildman–Crippen LogP) is 1.25. The topological polar surface area (TPSA) is 47.1 Å². The molecule has 1 unspecified atom stereocenters. The molecule has 4 nitrogen and oxygen atoms in total. The average molecular weight is 226 g/mol. The number of nitrogens with two attached hydrogens (primary N) is 1. The van der Waals surface area contributed by atoms with E-state index in [9.17, 15) is 0 Å². The van der Waals surface area contributed by atoms with Crippen molar-refractivity contribution in [3.63, 3.8) is 0 Å². The second kappa shape index (κ2) is 3.96. The quantitative estimate of drug-likeness (QED) is 0.783. The van der Waals surface area contributed by atoms with Crippen LogP contribution < -0.4 is 10.6 Å². The van der Waals surface area contributed by atoms with Gasteiger partial charge in [-0.25, -0.2) is 0 Å². The third-order valence-corrected chi connectivity index (χ3v) is 4.07. The lowest BCUT2D eigenvalue weighted by molar-refractivity contribution is 0.648. The Balaban J connectivity index is 2.35. The number of nitrogen functional groups attached to an aromatic ring is 1. The standard InChI is InChI=1S/C10H18N4S/c1-7-6-15-5-4-14(7)10-9(11)8(2)12-13(10)3/h7H,4-6,11H2,1-3H3. The highest BCUT2D eigenvalue weighted by Crippen LogP contribution is 2.30. The maximum Gasteiger partial charge on any atom is 0.150 e. The van der Waals surface area contributed by atoms with Crippen molar-refractivity contribution in [3.05, 3.63) is 5.69 Å². The van der Waals surface area contributed by atoms with Gasteiger partial charge in [-0.3, -0.25) is 4.68 Å². The lowest BCUT2D eigenvalue weighted by Crippen LogP contribution is -2.41. The second-order valence-corrected chi connectivity index (χ2v) is 5.21. The molecule has 15 heavy (non-hydrogen) atoms. The van der Waals surface area contributed by atoms with Crippen LogP contribution in [0.25, 0.3) is 0 Å². The van der Waals surface area contributed by atoms with Gasteiger partial charge in [0.2, 0.25) is 0 Å². The molecule has 0 amide bonds. The summed E-state index contributed by atoms with van der Waals surface area (Å²) in [5, 5.41) is 4.36. The highest BCUT2D eigenvalue weighted by molar-refractivity contribution is 7.99. The van der Waals surface area contributed by atoms with Crippen LogP contribution in [0.3, 0.4) is 0 Å². The van der Waals surface area contributed by atoms with Gasteiger partial charge in [-0.05, 0) is 13.8 Å². The van der Waals surface area contributed by atoms with Crippen molar-refractivity contribution >= 4 is 23.3 Å². The number of rotatable bonds is 1. The Morgan fingerprint density at radius 3 is 2.80 bits per heavy atom. The van der Waals surface area contributed by atoms with Gasteiger partial charge in [0.25, 0.3) is 0 Å². The van der Waals surface area contributed by atoms with Crippen LogP contribution in [-0.2, 0) is 7.05 Å². The summed E-state index contributed by atoms with van der Waals surface area (Å²) in [6, 6.07) is 0.542. The molecule has 2 N–H and O–H groups in total. The Kier molecular flexibility index (Phi) is 2.82. The van der Waals surface area contributed by atoms with Gasteiger partial charge in [0.05, 0.1) is 11.4 Å². The van der Waals surface area contributed by atoms with Crippen molar-refractivity contribution in [3.8, 4) is 0 Å². The molecule has 0 bridgehead atoms. The smallest absolute Gasteiger partial charge is 0.150 e. The highest BCUT2D eigenvalue weighted by Gasteiger charge is 2.24. The van der Waals surface area contributed by atoms with Gasteiger partial charge in [-0.15, -0.1) is 0 Å². The number of hydrogen-bond acceptors (Lipinski definition) is 4. The summed E-state index contributed by atoms with van der Waals surface area (Å²) in [4.78, 5) is 2.37. The molecule has 1 saturated heterocycles. The third-order valence-electron chi connectivity index (χ3n) is 2.88. The Bertz CT molecular complexity index is 361. The van der Waals surface area contributed by atoms with Gasteiger partial charge < -0.3 is 10.6 Å². The third kappa shape index (κ3) is 1.80. The van der Waals surface area contributed by atoms with E-state index in [1.807, 2.05) is 30.4 Å². The maximum atomic E-state index is 6.06. The molecule has 1 fully saturated rings. The minimum atomic E-state index is 0.542. The van der Waals surface area contributed by atoms with Gasteiger partial charge in [-0.1, -0.05) is 0 Å². The Morgan fingerprint density at radius 1 is 1.53 bits per heavy atom. The molecule has 0 radical (unpaired) electrons. The number of aromatic nitrogens is 2. The zero-order valence-electron chi connectivity index (χ0n) is 9.53. The number of thioether (sulfide) groups is 1. The summed E-state index contributed by atoms with van der Waals surface area (Å²) in [6.07, 6.45) is 0. The summed E-state index contributed by atoms with van der Waals surface area (Å²) < 4.78 is 1.90. The summed E-state index contributed by atoms with van der Waals surface area (Å²) in [6.45, 7) is 5.27. The van der Waals surface area contributed by atoms with Gasteiger partial charge >= 0.3 is 0 Å². The van der Waals surface area contributed by atoms with Crippen molar-refractivity contribution in [1.29, 1.82) is 0 Å². The average Bonchev–Trinajstić information content (AvgIpc) is 2.43. The van der Waals surface area contributed by atoms with Crippen LogP contribution >= 0.6 is 11.8 Å². The molecule has 84 valence electrons. The van der Waals surface area contributed by atoms with Crippen molar-refractivity contribution in [2.45, 2.75) is 19.9 Å². The fourth-order valence-electron chi connectivity index (χ4n) is 2.04. The maximum absolute atomic E-state index is 6.06. The van der Waals surface area contributed by atoms with Crippen LogP contribution in [0.15, 0.2) is 0 Å². The van der Waals surface area contributed by atoms with Gasteiger partial charge in [-0.2, -0.15) is 16.9 Å². The van der Waals surface area contributed by atoms with E-state index >= 15 is 0 Å². The van der Waals surface area contributed by atoms with Crippen LogP contribution in [0.2, 0.25) is 0 Å². The van der Waals surface area contributed by atoms with E-state index in [0.29, 0.717) is 6.04 Å². The predicted molar refractivity (Wildman–Crippen MR) is 66.5 cm³/mol. The molecule has 0 spiro atoms. The molecule has 0 saturated carbocycles. The van der Waals surface area contributed by atoms with Gasteiger partial charge in [0, 0.05) is 31.1 Å². The Morgan fingerprint density at radius 2 is 2.27 bits per heavy atom.